The molecule has 0 heterocycles. The topological polar surface area (TPSA) is 26.0 Å². The molecule has 0 saturated heterocycles. The first-order chi connectivity index (χ1) is 9.15. The van der Waals surface area contributed by atoms with Crippen molar-refractivity contribution in [2.45, 2.75) is 26.3 Å². The van der Waals surface area contributed by atoms with Gasteiger partial charge in [-0.3, -0.25) is 0 Å². The Morgan fingerprint density at radius 2 is 1.68 bits per heavy atom. The molecule has 2 rings (SSSR count). The van der Waals surface area contributed by atoms with Crippen molar-refractivity contribution >= 4 is 0 Å². The molecule has 0 aliphatic rings. The van der Waals surface area contributed by atoms with Crippen LogP contribution in [-0.2, 0) is 13.0 Å². The molecule has 0 saturated carbocycles. The molecule has 2 aromatic carbocycles. The van der Waals surface area contributed by atoms with Crippen LogP contribution < -0.4 is 5.73 Å². The Bertz CT molecular complexity index is 562. The molecular formula is C16H17F2N. The van der Waals surface area contributed by atoms with Crippen molar-refractivity contribution in [3.8, 4) is 11.1 Å². The molecule has 0 radical (unpaired) electrons. The second kappa shape index (κ2) is 5.93. The summed E-state index contributed by atoms with van der Waals surface area (Å²) in [6.07, 6.45) is 1.44. The maximum absolute atomic E-state index is 13.9. The minimum atomic E-state index is -0.530. The molecule has 3 heteroatoms. The van der Waals surface area contributed by atoms with Gasteiger partial charge < -0.3 is 5.73 Å². The molecular weight excluding hydrogens is 244 g/mol. The van der Waals surface area contributed by atoms with Crippen LogP contribution in [0.3, 0.4) is 0 Å². The first-order valence-corrected chi connectivity index (χ1v) is 6.43. The molecule has 1 nitrogen and oxygen atoms in total. The van der Waals surface area contributed by atoms with Gasteiger partial charge in [-0.15, -0.1) is 0 Å². The second-order valence-corrected chi connectivity index (χ2v) is 4.57. The maximum atomic E-state index is 13.9. The van der Waals surface area contributed by atoms with E-state index in [1.807, 2.05) is 31.2 Å². The lowest BCUT2D eigenvalue weighted by atomic mass is 9.99. The van der Waals surface area contributed by atoms with Crippen molar-refractivity contribution in [2.75, 3.05) is 0 Å². The molecule has 19 heavy (non-hydrogen) atoms. The molecule has 0 atom stereocenters. The van der Waals surface area contributed by atoms with E-state index in [9.17, 15) is 8.78 Å². The minimum absolute atomic E-state index is 0.438. The zero-order valence-corrected chi connectivity index (χ0v) is 10.9. The predicted molar refractivity (Wildman–Crippen MR) is 73.7 cm³/mol. The molecule has 2 N–H and O–H groups in total. The van der Waals surface area contributed by atoms with Crippen molar-refractivity contribution in [1.82, 2.24) is 0 Å². The zero-order chi connectivity index (χ0) is 13.8. The molecule has 0 aromatic heterocycles. The van der Waals surface area contributed by atoms with E-state index < -0.39 is 11.6 Å². The average Bonchev–Trinajstić information content (AvgIpc) is 2.42. The molecule has 0 bridgehead atoms. The summed E-state index contributed by atoms with van der Waals surface area (Å²) in [5.41, 5.74) is 8.25. The molecule has 0 aliphatic heterocycles. The van der Waals surface area contributed by atoms with Crippen molar-refractivity contribution in [1.29, 1.82) is 0 Å². The van der Waals surface area contributed by atoms with Crippen LogP contribution in [0.5, 0.6) is 0 Å². The Morgan fingerprint density at radius 1 is 1.00 bits per heavy atom. The fourth-order valence-corrected chi connectivity index (χ4v) is 2.10. The van der Waals surface area contributed by atoms with E-state index in [0.717, 1.165) is 23.6 Å². The highest BCUT2D eigenvalue weighted by atomic mass is 19.1. The van der Waals surface area contributed by atoms with Gasteiger partial charge in [0.1, 0.15) is 11.6 Å². The number of halogens is 2. The molecule has 0 spiro atoms. The lowest BCUT2D eigenvalue weighted by molar-refractivity contribution is 0.573. The molecule has 2 aromatic rings. The zero-order valence-electron chi connectivity index (χ0n) is 10.9. The van der Waals surface area contributed by atoms with Crippen LogP contribution in [0.25, 0.3) is 11.1 Å². The minimum Gasteiger partial charge on any atom is -0.326 e. The van der Waals surface area contributed by atoms with Crippen LogP contribution in [0.15, 0.2) is 36.4 Å². The van der Waals surface area contributed by atoms with Crippen molar-refractivity contribution in [2.24, 2.45) is 5.73 Å². The monoisotopic (exact) mass is 261 g/mol. The van der Waals surface area contributed by atoms with Gasteiger partial charge in [0.25, 0.3) is 0 Å². The fraction of sp³-hybridized carbons (Fsp3) is 0.250. The van der Waals surface area contributed by atoms with Gasteiger partial charge in [0.05, 0.1) is 0 Å². The Morgan fingerprint density at radius 3 is 2.26 bits per heavy atom. The van der Waals surface area contributed by atoms with Crippen LogP contribution in [0.2, 0.25) is 0 Å². The number of benzene rings is 2. The molecule has 0 fully saturated rings. The standard InChI is InChI=1S/C16H17F2N/c1-2-3-13-8-14(16(18)9-15(13)17)12-6-4-11(10-19)5-7-12/h4-9H,2-3,10,19H2,1H3. The van der Waals surface area contributed by atoms with E-state index in [4.69, 9.17) is 5.73 Å². The van der Waals surface area contributed by atoms with Gasteiger partial charge in [0.15, 0.2) is 0 Å². The quantitative estimate of drug-likeness (QED) is 0.883. The normalized spacial score (nSPS) is 10.7. The molecule has 0 unspecified atom stereocenters. The highest BCUT2D eigenvalue weighted by Gasteiger charge is 2.11. The van der Waals surface area contributed by atoms with Crippen molar-refractivity contribution in [3.63, 3.8) is 0 Å². The van der Waals surface area contributed by atoms with Gasteiger partial charge in [-0.05, 0) is 29.2 Å². The Balaban J connectivity index is 2.45. The van der Waals surface area contributed by atoms with Crippen LogP contribution in [-0.4, -0.2) is 0 Å². The Kier molecular flexibility index (Phi) is 4.27. The summed E-state index contributed by atoms with van der Waals surface area (Å²) in [4.78, 5) is 0. The lowest BCUT2D eigenvalue weighted by Gasteiger charge is -2.09. The van der Waals surface area contributed by atoms with Crippen molar-refractivity contribution < 1.29 is 8.78 Å². The summed E-state index contributed by atoms with van der Waals surface area (Å²) in [6.45, 7) is 2.42. The van der Waals surface area contributed by atoms with E-state index in [1.54, 1.807) is 6.07 Å². The molecule has 0 aliphatic carbocycles. The Labute approximate surface area is 112 Å². The molecule has 0 amide bonds. The summed E-state index contributed by atoms with van der Waals surface area (Å²) in [7, 11) is 0. The third kappa shape index (κ3) is 2.99. The smallest absolute Gasteiger partial charge is 0.133 e. The summed E-state index contributed by atoms with van der Waals surface area (Å²) >= 11 is 0. The van der Waals surface area contributed by atoms with E-state index in [-0.39, 0.29) is 0 Å². The van der Waals surface area contributed by atoms with E-state index >= 15 is 0 Å². The summed E-state index contributed by atoms with van der Waals surface area (Å²) in [6, 6.07) is 9.92. The highest BCUT2D eigenvalue weighted by molar-refractivity contribution is 5.65. The highest BCUT2D eigenvalue weighted by Crippen LogP contribution is 2.26. The average molecular weight is 261 g/mol. The number of nitrogens with two attached hydrogens (primary N) is 1. The van der Waals surface area contributed by atoms with Gasteiger partial charge in [-0.1, -0.05) is 37.6 Å². The number of rotatable bonds is 4. The summed E-state index contributed by atoms with van der Waals surface area (Å²) in [5.74, 6) is -1.00. The first kappa shape index (κ1) is 13.7. The second-order valence-electron chi connectivity index (χ2n) is 4.57. The number of aryl methyl sites for hydroxylation is 1. The first-order valence-electron chi connectivity index (χ1n) is 6.43. The number of hydrogen-bond donors (Lipinski definition) is 1. The third-order valence-electron chi connectivity index (χ3n) is 3.16. The van der Waals surface area contributed by atoms with E-state index in [1.165, 1.54) is 0 Å². The fourth-order valence-electron chi connectivity index (χ4n) is 2.10. The Hall–Kier alpha value is -1.74. The SMILES string of the molecule is CCCc1cc(-c2ccc(CN)cc2)c(F)cc1F. The maximum Gasteiger partial charge on any atom is 0.133 e. The van der Waals surface area contributed by atoms with Crippen LogP contribution >= 0.6 is 0 Å². The van der Waals surface area contributed by atoms with Gasteiger partial charge >= 0.3 is 0 Å². The molecule has 100 valence electrons. The lowest BCUT2D eigenvalue weighted by Crippen LogP contribution is -1.97. The van der Waals surface area contributed by atoms with Gasteiger partial charge in [0.2, 0.25) is 0 Å². The summed E-state index contributed by atoms with van der Waals surface area (Å²) in [5, 5.41) is 0. The van der Waals surface area contributed by atoms with E-state index in [2.05, 4.69) is 0 Å². The van der Waals surface area contributed by atoms with Crippen LogP contribution in [0, 0.1) is 11.6 Å². The number of hydrogen-bond acceptors (Lipinski definition) is 1. The van der Waals surface area contributed by atoms with Gasteiger partial charge in [-0.25, -0.2) is 8.78 Å². The summed E-state index contributed by atoms with van der Waals surface area (Å²) < 4.78 is 27.5. The van der Waals surface area contributed by atoms with Crippen LogP contribution in [0.1, 0.15) is 24.5 Å². The predicted octanol–water partition coefficient (Wildman–Crippen LogP) is 4.04. The third-order valence-corrected chi connectivity index (χ3v) is 3.16. The largest absolute Gasteiger partial charge is 0.326 e. The van der Waals surface area contributed by atoms with Gasteiger partial charge in [0, 0.05) is 18.2 Å². The van der Waals surface area contributed by atoms with Gasteiger partial charge in [-0.2, -0.15) is 0 Å². The van der Waals surface area contributed by atoms with Crippen LogP contribution in [0.4, 0.5) is 8.78 Å². The van der Waals surface area contributed by atoms with Crippen molar-refractivity contribution in [3.05, 3.63) is 59.2 Å². The van der Waals surface area contributed by atoms with E-state index in [0.29, 0.717) is 24.1 Å².